The highest BCUT2D eigenvalue weighted by Gasteiger charge is 2.23. The summed E-state index contributed by atoms with van der Waals surface area (Å²) < 4.78 is 6.21. The van der Waals surface area contributed by atoms with Crippen LogP contribution in [0.4, 0.5) is 5.69 Å². The number of nitrogens with two attached hydrogens (primary N) is 1. The van der Waals surface area contributed by atoms with Crippen LogP contribution in [0, 0.1) is 13.8 Å². The molecule has 122 valence electrons. The number of pyridine rings is 1. The minimum Gasteiger partial charge on any atom is -0.490 e. The van der Waals surface area contributed by atoms with Crippen molar-refractivity contribution in [3.8, 4) is 5.75 Å². The van der Waals surface area contributed by atoms with Crippen LogP contribution in [-0.2, 0) is 4.79 Å². The third-order valence-corrected chi connectivity index (χ3v) is 4.69. The lowest BCUT2D eigenvalue weighted by molar-refractivity contribution is -0.130. The van der Waals surface area contributed by atoms with Gasteiger partial charge in [0.05, 0.1) is 10.9 Å². The maximum absolute atomic E-state index is 11.4. The van der Waals surface area contributed by atoms with Crippen LogP contribution in [0.2, 0.25) is 0 Å². The van der Waals surface area contributed by atoms with Crippen LogP contribution in [0.5, 0.6) is 5.75 Å². The number of nitrogen functional groups attached to an aromatic ring is 1. The first-order chi connectivity index (χ1) is 11.0. The highest BCUT2D eigenvalue weighted by molar-refractivity contribution is 5.97. The van der Waals surface area contributed by atoms with Crippen molar-refractivity contribution < 1.29 is 9.53 Å². The Hall–Kier alpha value is -2.30. The molecule has 1 saturated heterocycles. The third kappa shape index (κ3) is 2.96. The monoisotopic (exact) mass is 313 g/mol. The molecular weight excluding hydrogens is 290 g/mol. The number of hydrogen-bond acceptors (Lipinski definition) is 4. The van der Waals surface area contributed by atoms with Gasteiger partial charge in [-0.2, -0.15) is 0 Å². The van der Waals surface area contributed by atoms with E-state index in [0.717, 1.165) is 59.5 Å². The number of fused-ring (bicyclic) bond motifs is 1. The number of anilines is 1. The number of amides is 1. The summed E-state index contributed by atoms with van der Waals surface area (Å²) in [4.78, 5) is 17.9. The van der Waals surface area contributed by atoms with E-state index in [4.69, 9.17) is 10.5 Å². The predicted molar refractivity (Wildman–Crippen MR) is 91.5 cm³/mol. The minimum atomic E-state index is 0.109. The average Bonchev–Trinajstić information content (AvgIpc) is 2.53. The Kier molecular flexibility index (Phi) is 4.11. The molecule has 1 aliphatic heterocycles. The third-order valence-electron chi connectivity index (χ3n) is 4.69. The topological polar surface area (TPSA) is 68.5 Å². The van der Waals surface area contributed by atoms with Gasteiger partial charge in [-0.1, -0.05) is 6.07 Å². The number of piperidine rings is 1. The first-order valence-corrected chi connectivity index (χ1v) is 8.05. The van der Waals surface area contributed by atoms with E-state index in [2.05, 4.69) is 4.98 Å². The van der Waals surface area contributed by atoms with Gasteiger partial charge in [-0.15, -0.1) is 0 Å². The van der Waals surface area contributed by atoms with Crippen LogP contribution in [0.1, 0.15) is 31.0 Å². The van der Waals surface area contributed by atoms with E-state index in [1.54, 1.807) is 6.92 Å². The second-order valence-corrected chi connectivity index (χ2v) is 6.21. The van der Waals surface area contributed by atoms with Gasteiger partial charge in [-0.3, -0.25) is 9.78 Å². The molecule has 0 spiro atoms. The maximum Gasteiger partial charge on any atom is 0.219 e. The summed E-state index contributed by atoms with van der Waals surface area (Å²) in [6.07, 6.45) is 1.79. The molecule has 2 aromatic rings. The number of benzene rings is 1. The Morgan fingerprint density at radius 3 is 2.65 bits per heavy atom. The van der Waals surface area contributed by atoms with Crippen LogP contribution >= 0.6 is 0 Å². The lowest BCUT2D eigenvalue weighted by atomic mass is 10.1. The normalized spacial score (nSPS) is 15.9. The van der Waals surface area contributed by atoms with Gasteiger partial charge >= 0.3 is 0 Å². The van der Waals surface area contributed by atoms with Gasteiger partial charge in [-0.25, -0.2) is 0 Å². The smallest absolute Gasteiger partial charge is 0.219 e. The van der Waals surface area contributed by atoms with Gasteiger partial charge in [0.2, 0.25) is 5.91 Å². The molecule has 5 nitrogen and oxygen atoms in total. The average molecular weight is 313 g/mol. The van der Waals surface area contributed by atoms with E-state index < -0.39 is 0 Å². The number of nitrogens with zero attached hydrogens (tertiary/aromatic N) is 2. The van der Waals surface area contributed by atoms with E-state index in [-0.39, 0.29) is 12.0 Å². The molecule has 0 aliphatic carbocycles. The summed E-state index contributed by atoms with van der Waals surface area (Å²) in [6, 6.07) is 5.86. The van der Waals surface area contributed by atoms with Crippen LogP contribution in [0.3, 0.4) is 0 Å². The Morgan fingerprint density at radius 2 is 2.00 bits per heavy atom. The van der Waals surface area contributed by atoms with Gasteiger partial charge in [0, 0.05) is 44.2 Å². The van der Waals surface area contributed by atoms with Crippen molar-refractivity contribution in [1.82, 2.24) is 9.88 Å². The zero-order chi connectivity index (χ0) is 16.6. The fourth-order valence-corrected chi connectivity index (χ4v) is 3.10. The van der Waals surface area contributed by atoms with E-state index >= 15 is 0 Å². The number of likely N-dealkylation sites (tertiary alicyclic amines) is 1. The molecule has 23 heavy (non-hydrogen) atoms. The molecule has 3 rings (SSSR count). The van der Waals surface area contributed by atoms with Crippen molar-refractivity contribution in [3.05, 3.63) is 29.5 Å². The molecule has 5 heteroatoms. The molecule has 2 N–H and O–H groups in total. The zero-order valence-corrected chi connectivity index (χ0v) is 13.9. The van der Waals surface area contributed by atoms with Gasteiger partial charge < -0.3 is 15.4 Å². The Morgan fingerprint density at radius 1 is 1.30 bits per heavy atom. The molecule has 1 aromatic heterocycles. The first-order valence-electron chi connectivity index (χ1n) is 8.05. The predicted octanol–water partition coefficient (Wildman–Crippen LogP) is 2.82. The maximum atomic E-state index is 11.4. The lowest BCUT2D eigenvalue weighted by Crippen LogP contribution is -2.40. The Bertz CT molecular complexity index is 750. The summed E-state index contributed by atoms with van der Waals surface area (Å²) in [5.74, 6) is 0.921. The van der Waals surface area contributed by atoms with Gasteiger partial charge in [0.25, 0.3) is 0 Å². The first kappa shape index (κ1) is 15.6. The van der Waals surface area contributed by atoms with Gasteiger partial charge in [0.1, 0.15) is 11.9 Å². The fourth-order valence-electron chi connectivity index (χ4n) is 3.10. The summed E-state index contributed by atoms with van der Waals surface area (Å²) in [7, 11) is 0. The molecule has 1 amide bonds. The van der Waals surface area contributed by atoms with E-state index in [0.29, 0.717) is 0 Å². The molecule has 0 radical (unpaired) electrons. The van der Waals surface area contributed by atoms with Crippen LogP contribution < -0.4 is 10.5 Å². The Labute approximate surface area is 136 Å². The van der Waals surface area contributed by atoms with E-state index in [1.165, 1.54) is 0 Å². The summed E-state index contributed by atoms with van der Waals surface area (Å²) in [5, 5.41) is 0.893. The largest absolute Gasteiger partial charge is 0.490 e. The number of ether oxygens (including phenoxy) is 1. The standard InChI is InChI=1S/C18H23N3O2/c1-11-12(2)20-15-5-4-6-16(17(15)18(11)19)23-14-7-9-21(10-8-14)13(3)22/h4-6,14H,7-10H2,1-3H3,(H2,19,20). The summed E-state index contributed by atoms with van der Waals surface area (Å²) >= 11 is 0. The second kappa shape index (κ2) is 6.07. The molecule has 0 atom stereocenters. The number of carbonyl (C=O) groups excluding carboxylic acids is 1. The summed E-state index contributed by atoms with van der Waals surface area (Å²) in [5.41, 5.74) is 9.87. The second-order valence-electron chi connectivity index (χ2n) is 6.21. The summed E-state index contributed by atoms with van der Waals surface area (Å²) in [6.45, 7) is 7.06. The molecule has 1 aliphatic rings. The number of aryl methyl sites for hydroxylation is 1. The quantitative estimate of drug-likeness (QED) is 0.925. The highest BCUT2D eigenvalue weighted by Crippen LogP contribution is 2.34. The van der Waals surface area contributed by atoms with Gasteiger partial charge in [0.15, 0.2) is 0 Å². The molecule has 1 aromatic carbocycles. The number of carbonyl (C=O) groups is 1. The fraction of sp³-hybridized carbons (Fsp3) is 0.444. The Balaban J connectivity index is 1.87. The van der Waals surface area contributed by atoms with Crippen molar-refractivity contribution >= 4 is 22.5 Å². The van der Waals surface area contributed by atoms with Crippen LogP contribution in [0.15, 0.2) is 18.2 Å². The minimum absolute atomic E-state index is 0.109. The molecular formula is C18H23N3O2. The van der Waals surface area contributed by atoms with Crippen molar-refractivity contribution in [2.75, 3.05) is 18.8 Å². The van der Waals surface area contributed by atoms with Crippen molar-refractivity contribution in [2.24, 2.45) is 0 Å². The molecule has 0 unspecified atom stereocenters. The van der Waals surface area contributed by atoms with E-state index in [9.17, 15) is 4.79 Å². The molecule has 0 saturated carbocycles. The zero-order valence-electron chi connectivity index (χ0n) is 13.9. The molecule has 2 heterocycles. The van der Waals surface area contributed by atoms with E-state index in [1.807, 2.05) is 36.9 Å². The molecule has 0 bridgehead atoms. The number of hydrogen-bond donors (Lipinski definition) is 1. The van der Waals surface area contributed by atoms with Crippen molar-refractivity contribution in [2.45, 2.75) is 39.7 Å². The van der Waals surface area contributed by atoms with Gasteiger partial charge in [-0.05, 0) is 31.5 Å². The van der Waals surface area contributed by atoms with Crippen molar-refractivity contribution in [1.29, 1.82) is 0 Å². The highest BCUT2D eigenvalue weighted by atomic mass is 16.5. The van der Waals surface area contributed by atoms with Crippen LogP contribution in [-0.4, -0.2) is 35.0 Å². The van der Waals surface area contributed by atoms with Crippen LogP contribution in [0.25, 0.3) is 10.9 Å². The van der Waals surface area contributed by atoms with Crippen molar-refractivity contribution in [3.63, 3.8) is 0 Å². The molecule has 1 fully saturated rings. The number of rotatable bonds is 2. The lowest BCUT2D eigenvalue weighted by Gasteiger charge is -2.31. The number of aromatic nitrogens is 1. The SMILES string of the molecule is CC(=O)N1CCC(Oc2cccc3nc(C)c(C)c(N)c23)CC1.